The highest BCUT2D eigenvalue weighted by atomic mass is 35.5. The quantitative estimate of drug-likeness (QED) is 0.629. The summed E-state index contributed by atoms with van der Waals surface area (Å²) in [6, 6.07) is 13.8. The maximum absolute atomic E-state index is 11.9. The minimum Gasteiger partial charge on any atom is -0.283 e. The Balaban J connectivity index is 1.93. The van der Waals surface area contributed by atoms with Crippen molar-refractivity contribution in [3.63, 3.8) is 0 Å². The SMILES string of the molecule is O=C1C(=O)N(N=Cc2ccc(Cl)cc2)c2ccccc21. The van der Waals surface area contributed by atoms with Gasteiger partial charge < -0.3 is 0 Å². The smallest absolute Gasteiger partial charge is 0.283 e. The number of rotatable bonds is 2. The van der Waals surface area contributed by atoms with Gasteiger partial charge in [-0.25, -0.2) is 0 Å². The van der Waals surface area contributed by atoms with Gasteiger partial charge in [0.2, 0.25) is 0 Å². The Morgan fingerprint density at radius 2 is 1.70 bits per heavy atom. The molecule has 0 aromatic heterocycles. The topological polar surface area (TPSA) is 49.7 Å². The Morgan fingerprint density at radius 1 is 1.00 bits per heavy atom. The first-order valence-electron chi connectivity index (χ1n) is 5.94. The van der Waals surface area contributed by atoms with E-state index >= 15 is 0 Å². The second-order valence-electron chi connectivity index (χ2n) is 4.26. The normalized spacial score (nSPS) is 14.2. The summed E-state index contributed by atoms with van der Waals surface area (Å²) in [5, 5.41) is 5.83. The summed E-state index contributed by atoms with van der Waals surface area (Å²) in [5.74, 6) is -1.18. The van der Waals surface area contributed by atoms with Crippen LogP contribution in [0.1, 0.15) is 15.9 Å². The fraction of sp³-hybridized carbons (Fsp3) is 0. The molecule has 2 aromatic rings. The van der Waals surface area contributed by atoms with E-state index in [1.807, 2.05) is 0 Å². The number of hydrazone groups is 1. The number of halogens is 1. The Hall–Kier alpha value is -2.46. The summed E-state index contributed by atoms with van der Waals surface area (Å²) in [7, 11) is 0. The molecule has 20 heavy (non-hydrogen) atoms. The highest BCUT2D eigenvalue weighted by molar-refractivity contribution is 6.52. The average Bonchev–Trinajstić information content (AvgIpc) is 2.71. The van der Waals surface area contributed by atoms with Crippen LogP contribution in [0.25, 0.3) is 0 Å². The van der Waals surface area contributed by atoms with Crippen LogP contribution < -0.4 is 5.01 Å². The molecule has 2 aromatic carbocycles. The summed E-state index contributed by atoms with van der Waals surface area (Å²) < 4.78 is 0. The van der Waals surface area contributed by atoms with Gasteiger partial charge in [0, 0.05) is 5.02 Å². The molecule has 0 spiro atoms. The van der Waals surface area contributed by atoms with Crippen LogP contribution in [0.4, 0.5) is 5.69 Å². The van der Waals surface area contributed by atoms with E-state index in [4.69, 9.17) is 11.6 Å². The lowest BCUT2D eigenvalue weighted by molar-refractivity contribution is -0.114. The Bertz CT molecular complexity index is 723. The third-order valence-corrected chi connectivity index (χ3v) is 3.21. The number of carbonyl (C=O) groups excluding carboxylic acids is 2. The summed E-state index contributed by atoms with van der Waals surface area (Å²) >= 11 is 5.79. The highest BCUT2D eigenvalue weighted by Crippen LogP contribution is 2.28. The van der Waals surface area contributed by atoms with E-state index in [1.165, 1.54) is 6.21 Å². The first kappa shape index (κ1) is 12.6. The molecule has 0 bridgehead atoms. The fourth-order valence-electron chi connectivity index (χ4n) is 1.96. The first-order valence-corrected chi connectivity index (χ1v) is 6.32. The Kier molecular flexibility index (Phi) is 3.08. The van der Waals surface area contributed by atoms with Crippen LogP contribution in [0.2, 0.25) is 5.02 Å². The molecule has 0 fully saturated rings. The van der Waals surface area contributed by atoms with Crippen molar-refractivity contribution in [3.8, 4) is 0 Å². The van der Waals surface area contributed by atoms with Crippen molar-refractivity contribution in [2.45, 2.75) is 0 Å². The van der Waals surface area contributed by atoms with Gasteiger partial charge in [0.05, 0.1) is 17.5 Å². The predicted octanol–water partition coefficient (Wildman–Crippen LogP) is 2.90. The molecule has 0 radical (unpaired) electrons. The molecule has 98 valence electrons. The zero-order valence-electron chi connectivity index (χ0n) is 10.3. The van der Waals surface area contributed by atoms with E-state index in [9.17, 15) is 9.59 Å². The maximum Gasteiger partial charge on any atom is 0.319 e. The number of carbonyl (C=O) groups is 2. The number of para-hydroxylation sites is 1. The van der Waals surface area contributed by atoms with E-state index < -0.39 is 11.7 Å². The number of ketones is 1. The highest BCUT2D eigenvalue weighted by Gasteiger charge is 2.35. The van der Waals surface area contributed by atoms with Gasteiger partial charge in [0.25, 0.3) is 5.78 Å². The average molecular weight is 285 g/mol. The first-order chi connectivity index (χ1) is 9.66. The van der Waals surface area contributed by atoms with Crippen LogP contribution in [0.5, 0.6) is 0 Å². The lowest BCUT2D eigenvalue weighted by atomic mass is 10.1. The summed E-state index contributed by atoms with van der Waals surface area (Å²) in [6.07, 6.45) is 1.52. The molecule has 1 aliphatic heterocycles. The van der Waals surface area contributed by atoms with Crippen molar-refractivity contribution in [2.24, 2.45) is 5.10 Å². The van der Waals surface area contributed by atoms with E-state index in [0.717, 1.165) is 10.6 Å². The van der Waals surface area contributed by atoms with Gasteiger partial charge in [-0.3, -0.25) is 9.59 Å². The molecule has 0 saturated heterocycles. The van der Waals surface area contributed by atoms with Crippen LogP contribution in [0.15, 0.2) is 53.6 Å². The van der Waals surface area contributed by atoms with Crippen molar-refractivity contribution < 1.29 is 9.59 Å². The number of nitrogens with zero attached hydrogens (tertiary/aromatic N) is 2. The van der Waals surface area contributed by atoms with Gasteiger partial charge in [-0.15, -0.1) is 0 Å². The minimum absolute atomic E-state index is 0.380. The minimum atomic E-state index is -0.642. The van der Waals surface area contributed by atoms with Crippen molar-refractivity contribution in [1.82, 2.24) is 0 Å². The summed E-state index contributed by atoms with van der Waals surface area (Å²) in [4.78, 5) is 23.7. The van der Waals surface area contributed by atoms with Gasteiger partial charge in [-0.1, -0.05) is 35.9 Å². The molecule has 3 rings (SSSR count). The molecule has 0 aliphatic carbocycles. The Morgan fingerprint density at radius 3 is 2.45 bits per heavy atom. The van der Waals surface area contributed by atoms with Gasteiger partial charge in [-0.05, 0) is 29.8 Å². The lowest BCUT2D eigenvalue weighted by Crippen LogP contribution is -2.24. The molecule has 0 saturated carbocycles. The van der Waals surface area contributed by atoms with Crippen LogP contribution in [0.3, 0.4) is 0 Å². The number of Topliss-reactive ketones (excluding diaryl/α,β-unsaturated/α-hetero) is 1. The molecule has 1 aliphatic rings. The Labute approximate surface area is 120 Å². The van der Waals surface area contributed by atoms with Crippen molar-refractivity contribution in [2.75, 3.05) is 5.01 Å². The zero-order chi connectivity index (χ0) is 14.1. The third-order valence-electron chi connectivity index (χ3n) is 2.96. The molecule has 1 amide bonds. The number of hydrogen-bond acceptors (Lipinski definition) is 3. The fourth-order valence-corrected chi connectivity index (χ4v) is 2.09. The molecular formula is C15H9ClN2O2. The van der Waals surface area contributed by atoms with Crippen LogP contribution in [0, 0.1) is 0 Å². The molecule has 5 heteroatoms. The van der Waals surface area contributed by atoms with Crippen molar-refractivity contribution in [1.29, 1.82) is 0 Å². The number of amides is 1. The maximum atomic E-state index is 11.9. The van der Waals surface area contributed by atoms with E-state index in [0.29, 0.717) is 16.3 Å². The number of hydrogen-bond donors (Lipinski definition) is 0. The monoisotopic (exact) mass is 284 g/mol. The number of anilines is 1. The molecule has 0 atom stereocenters. The predicted molar refractivity (Wildman–Crippen MR) is 77.3 cm³/mol. The van der Waals surface area contributed by atoms with Crippen molar-refractivity contribution in [3.05, 3.63) is 64.7 Å². The van der Waals surface area contributed by atoms with Crippen LogP contribution in [-0.2, 0) is 4.79 Å². The van der Waals surface area contributed by atoms with E-state index in [1.54, 1.807) is 48.5 Å². The van der Waals surface area contributed by atoms with Gasteiger partial charge in [-0.2, -0.15) is 10.1 Å². The second-order valence-corrected chi connectivity index (χ2v) is 4.70. The van der Waals surface area contributed by atoms with Crippen LogP contribution >= 0.6 is 11.6 Å². The second kappa shape index (κ2) is 4.90. The molecular weight excluding hydrogens is 276 g/mol. The number of fused-ring (bicyclic) bond motifs is 1. The largest absolute Gasteiger partial charge is 0.319 e. The van der Waals surface area contributed by atoms with Gasteiger partial charge >= 0.3 is 5.91 Å². The standard InChI is InChI=1S/C15H9ClN2O2/c16-11-7-5-10(6-8-11)9-17-18-13-4-2-1-3-12(13)14(19)15(18)20/h1-9H. The van der Waals surface area contributed by atoms with E-state index in [-0.39, 0.29) is 0 Å². The summed E-state index contributed by atoms with van der Waals surface area (Å²) in [6.45, 7) is 0. The summed E-state index contributed by atoms with van der Waals surface area (Å²) in [5.41, 5.74) is 1.68. The zero-order valence-corrected chi connectivity index (χ0v) is 11.0. The van der Waals surface area contributed by atoms with Crippen LogP contribution in [-0.4, -0.2) is 17.9 Å². The van der Waals surface area contributed by atoms with E-state index in [2.05, 4.69) is 5.10 Å². The molecule has 4 nitrogen and oxygen atoms in total. The third kappa shape index (κ3) is 2.10. The van der Waals surface area contributed by atoms with Gasteiger partial charge in [0.15, 0.2) is 0 Å². The molecule has 0 N–H and O–H groups in total. The lowest BCUT2D eigenvalue weighted by Gasteiger charge is -2.08. The molecule has 0 unspecified atom stereocenters. The molecule has 1 heterocycles. The van der Waals surface area contributed by atoms with Gasteiger partial charge in [0.1, 0.15) is 0 Å². The van der Waals surface area contributed by atoms with Crippen molar-refractivity contribution >= 4 is 35.2 Å². The number of benzene rings is 2.